The van der Waals surface area contributed by atoms with Crippen LogP contribution in [0.1, 0.15) is 17.3 Å². The molecule has 0 aromatic heterocycles. The zero-order valence-electron chi connectivity index (χ0n) is 9.55. The third-order valence-corrected chi connectivity index (χ3v) is 3.28. The van der Waals surface area contributed by atoms with Gasteiger partial charge in [0.2, 0.25) is 0 Å². The molecule has 1 aromatic carbocycles. The summed E-state index contributed by atoms with van der Waals surface area (Å²) in [4.78, 5) is 11.6. The van der Waals surface area contributed by atoms with Gasteiger partial charge in [0.1, 0.15) is 5.75 Å². The Hall–Kier alpha value is -0.690. The van der Waals surface area contributed by atoms with Crippen molar-refractivity contribution >= 4 is 33.5 Å². The standard InChI is InChI=1S/C11H10BrF3O2S/c1-6(12)9(16)7-4-3-5-8(10(7)18-2)17-11(13,14)15/h3-6H,1-2H3. The molecule has 0 saturated heterocycles. The summed E-state index contributed by atoms with van der Waals surface area (Å²) in [5.74, 6) is -0.638. The first kappa shape index (κ1) is 15.4. The second-order valence-electron chi connectivity index (χ2n) is 3.37. The van der Waals surface area contributed by atoms with Crippen molar-refractivity contribution in [3.05, 3.63) is 23.8 Å². The average molecular weight is 343 g/mol. The van der Waals surface area contributed by atoms with Crippen LogP contribution in [0.25, 0.3) is 0 Å². The molecule has 0 bridgehead atoms. The number of ether oxygens (including phenoxy) is 1. The maximum atomic E-state index is 12.2. The summed E-state index contributed by atoms with van der Waals surface area (Å²) >= 11 is 4.15. The molecule has 0 aliphatic carbocycles. The number of hydrogen-bond donors (Lipinski definition) is 0. The van der Waals surface area contributed by atoms with Crippen LogP contribution in [0.2, 0.25) is 0 Å². The molecule has 0 aliphatic rings. The van der Waals surface area contributed by atoms with Crippen LogP contribution in [0.3, 0.4) is 0 Å². The number of benzene rings is 1. The predicted octanol–water partition coefficient (Wildman–Crippen LogP) is 4.27. The first-order valence-electron chi connectivity index (χ1n) is 4.87. The van der Waals surface area contributed by atoms with Crippen molar-refractivity contribution in [1.82, 2.24) is 0 Å². The van der Waals surface area contributed by atoms with Crippen molar-refractivity contribution in [2.75, 3.05) is 6.26 Å². The van der Waals surface area contributed by atoms with E-state index in [1.54, 1.807) is 13.2 Å². The molecule has 7 heteroatoms. The summed E-state index contributed by atoms with van der Waals surface area (Å²) in [6.07, 6.45) is -3.18. The molecule has 0 amide bonds. The minimum Gasteiger partial charge on any atom is -0.405 e. The van der Waals surface area contributed by atoms with E-state index in [-0.39, 0.29) is 22.0 Å². The van der Waals surface area contributed by atoms with Crippen LogP contribution < -0.4 is 4.74 Å². The number of hydrogen-bond acceptors (Lipinski definition) is 3. The van der Waals surface area contributed by atoms with Crippen LogP contribution in [0, 0.1) is 0 Å². The lowest BCUT2D eigenvalue weighted by Crippen LogP contribution is -2.19. The lowest BCUT2D eigenvalue weighted by Gasteiger charge is -2.15. The monoisotopic (exact) mass is 342 g/mol. The molecule has 0 saturated carbocycles. The normalized spacial score (nSPS) is 13.2. The Morgan fingerprint density at radius 1 is 1.44 bits per heavy atom. The third-order valence-electron chi connectivity index (χ3n) is 2.04. The Labute approximate surface area is 115 Å². The van der Waals surface area contributed by atoms with Gasteiger partial charge in [-0.05, 0) is 25.3 Å². The smallest absolute Gasteiger partial charge is 0.405 e. The topological polar surface area (TPSA) is 26.3 Å². The van der Waals surface area contributed by atoms with Gasteiger partial charge in [0.15, 0.2) is 5.78 Å². The van der Waals surface area contributed by atoms with Crippen molar-refractivity contribution in [3.63, 3.8) is 0 Å². The Kier molecular flexibility index (Phi) is 5.10. The molecule has 0 N–H and O–H groups in total. The van der Waals surface area contributed by atoms with Gasteiger partial charge in [-0.25, -0.2) is 0 Å². The van der Waals surface area contributed by atoms with Crippen LogP contribution in [-0.4, -0.2) is 23.2 Å². The molecule has 1 rings (SSSR count). The number of thioether (sulfide) groups is 1. The van der Waals surface area contributed by atoms with Crippen LogP contribution in [0.4, 0.5) is 13.2 Å². The Bertz CT molecular complexity index is 446. The van der Waals surface area contributed by atoms with Gasteiger partial charge < -0.3 is 4.74 Å². The maximum absolute atomic E-state index is 12.2. The SMILES string of the molecule is CSc1c(OC(F)(F)F)cccc1C(=O)C(C)Br. The molecule has 1 atom stereocenters. The van der Waals surface area contributed by atoms with Gasteiger partial charge in [-0.2, -0.15) is 0 Å². The first-order chi connectivity index (χ1) is 8.26. The fraction of sp³-hybridized carbons (Fsp3) is 0.364. The molecule has 0 radical (unpaired) electrons. The molecule has 0 heterocycles. The summed E-state index contributed by atoms with van der Waals surface area (Å²) in [6.45, 7) is 1.61. The van der Waals surface area contributed by atoms with Crippen molar-refractivity contribution in [1.29, 1.82) is 0 Å². The van der Waals surface area contributed by atoms with Gasteiger partial charge in [0.05, 0.1) is 9.72 Å². The van der Waals surface area contributed by atoms with Crippen molar-refractivity contribution in [3.8, 4) is 5.75 Å². The molecule has 0 aliphatic heterocycles. The molecule has 0 fully saturated rings. The zero-order valence-corrected chi connectivity index (χ0v) is 11.9. The number of Topliss-reactive ketones (excluding diaryl/α,β-unsaturated/α-hetero) is 1. The largest absolute Gasteiger partial charge is 0.573 e. The number of rotatable bonds is 4. The molecule has 0 spiro atoms. The van der Waals surface area contributed by atoms with E-state index in [9.17, 15) is 18.0 Å². The van der Waals surface area contributed by atoms with E-state index < -0.39 is 11.2 Å². The Morgan fingerprint density at radius 3 is 2.50 bits per heavy atom. The highest BCUT2D eigenvalue weighted by atomic mass is 79.9. The molecule has 18 heavy (non-hydrogen) atoms. The number of carbonyl (C=O) groups excluding carboxylic acids is 1. The third kappa shape index (κ3) is 3.91. The van der Waals surface area contributed by atoms with Gasteiger partial charge in [-0.1, -0.05) is 22.0 Å². The number of ketones is 1. The van der Waals surface area contributed by atoms with E-state index in [4.69, 9.17) is 0 Å². The summed E-state index contributed by atoms with van der Waals surface area (Å²) in [5.41, 5.74) is 0.216. The minimum atomic E-state index is -4.77. The Balaban J connectivity index is 3.22. The summed E-state index contributed by atoms with van der Waals surface area (Å²) in [7, 11) is 0. The van der Waals surface area contributed by atoms with E-state index in [0.29, 0.717) is 0 Å². The average Bonchev–Trinajstić information content (AvgIpc) is 2.25. The van der Waals surface area contributed by atoms with Crippen molar-refractivity contribution < 1.29 is 22.7 Å². The van der Waals surface area contributed by atoms with Gasteiger partial charge in [0.25, 0.3) is 0 Å². The highest BCUT2D eigenvalue weighted by Gasteiger charge is 2.33. The molecule has 100 valence electrons. The lowest BCUT2D eigenvalue weighted by molar-refractivity contribution is -0.275. The minimum absolute atomic E-state index is 0.186. The predicted molar refractivity (Wildman–Crippen MR) is 67.6 cm³/mol. The Morgan fingerprint density at radius 2 is 2.06 bits per heavy atom. The van der Waals surface area contributed by atoms with Gasteiger partial charge in [-0.15, -0.1) is 24.9 Å². The highest BCUT2D eigenvalue weighted by molar-refractivity contribution is 9.10. The van der Waals surface area contributed by atoms with E-state index in [1.807, 2.05) is 0 Å². The van der Waals surface area contributed by atoms with Crippen LogP contribution in [-0.2, 0) is 0 Å². The molecule has 2 nitrogen and oxygen atoms in total. The fourth-order valence-electron chi connectivity index (χ4n) is 1.34. The van der Waals surface area contributed by atoms with Crippen LogP contribution in [0.15, 0.2) is 23.1 Å². The summed E-state index contributed by atoms with van der Waals surface area (Å²) in [6, 6.07) is 4.04. The van der Waals surface area contributed by atoms with E-state index >= 15 is 0 Å². The van der Waals surface area contributed by atoms with Gasteiger partial charge >= 0.3 is 6.36 Å². The fourth-order valence-corrected chi connectivity index (χ4v) is 2.29. The van der Waals surface area contributed by atoms with Crippen LogP contribution in [0.5, 0.6) is 5.75 Å². The quantitative estimate of drug-likeness (QED) is 0.464. The zero-order chi connectivity index (χ0) is 13.9. The molecular weight excluding hydrogens is 333 g/mol. The van der Waals surface area contributed by atoms with E-state index in [2.05, 4.69) is 20.7 Å². The summed E-state index contributed by atoms with van der Waals surface area (Å²) in [5, 5.41) is 0. The second kappa shape index (κ2) is 5.97. The molecule has 1 aromatic rings. The van der Waals surface area contributed by atoms with Gasteiger partial charge in [-0.3, -0.25) is 4.79 Å². The highest BCUT2D eigenvalue weighted by Crippen LogP contribution is 2.35. The van der Waals surface area contributed by atoms with Crippen LogP contribution >= 0.6 is 27.7 Å². The maximum Gasteiger partial charge on any atom is 0.573 e. The van der Waals surface area contributed by atoms with E-state index in [1.165, 1.54) is 18.2 Å². The molecular formula is C11H10BrF3O2S. The second-order valence-corrected chi connectivity index (χ2v) is 5.56. The van der Waals surface area contributed by atoms with E-state index in [0.717, 1.165) is 11.8 Å². The first-order valence-corrected chi connectivity index (χ1v) is 7.01. The van der Waals surface area contributed by atoms with Crippen molar-refractivity contribution in [2.24, 2.45) is 0 Å². The number of carbonyl (C=O) groups is 1. The number of halogens is 4. The number of alkyl halides is 4. The van der Waals surface area contributed by atoms with Crippen molar-refractivity contribution in [2.45, 2.75) is 23.0 Å². The summed E-state index contributed by atoms with van der Waals surface area (Å²) < 4.78 is 40.6. The lowest BCUT2D eigenvalue weighted by atomic mass is 10.1. The molecule has 1 unspecified atom stereocenters. The van der Waals surface area contributed by atoms with Gasteiger partial charge in [0, 0.05) is 5.56 Å².